The van der Waals surface area contributed by atoms with Crippen molar-refractivity contribution in [3.05, 3.63) is 65.7 Å². The molecule has 0 bridgehead atoms. The van der Waals surface area contributed by atoms with Gasteiger partial charge in [0.2, 0.25) is 0 Å². The molecule has 0 aliphatic carbocycles. The van der Waals surface area contributed by atoms with Crippen molar-refractivity contribution < 1.29 is 14.6 Å². The van der Waals surface area contributed by atoms with Gasteiger partial charge in [-0.25, -0.2) is 0 Å². The quantitative estimate of drug-likeness (QED) is 0.868. The van der Waals surface area contributed by atoms with Crippen molar-refractivity contribution in [1.29, 1.82) is 0 Å². The van der Waals surface area contributed by atoms with E-state index in [0.717, 1.165) is 12.0 Å². The summed E-state index contributed by atoms with van der Waals surface area (Å²) in [5, 5.41) is 9.30. The summed E-state index contributed by atoms with van der Waals surface area (Å²) in [4.78, 5) is 12.6. The Kier molecular flexibility index (Phi) is 3.52. The highest BCUT2D eigenvalue weighted by atomic mass is 16.5. The Morgan fingerprint density at radius 3 is 2.45 bits per heavy atom. The van der Waals surface area contributed by atoms with E-state index in [4.69, 9.17) is 4.74 Å². The lowest BCUT2D eigenvalue weighted by Crippen LogP contribution is -2.18. The van der Waals surface area contributed by atoms with Gasteiger partial charge in [0.05, 0.1) is 12.0 Å². The molecule has 3 rings (SSSR count). The maximum absolute atomic E-state index is 12.6. The first-order chi connectivity index (χ1) is 9.75. The van der Waals surface area contributed by atoms with Gasteiger partial charge in [0.15, 0.2) is 5.78 Å². The van der Waals surface area contributed by atoms with E-state index >= 15 is 0 Å². The second-order valence-corrected chi connectivity index (χ2v) is 5.01. The molecular weight excluding hydrogens is 252 g/mol. The van der Waals surface area contributed by atoms with Gasteiger partial charge in [0.25, 0.3) is 0 Å². The van der Waals surface area contributed by atoms with Crippen molar-refractivity contribution in [3.63, 3.8) is 0 Å². The Bertz CT molecular complexity index is 589. The summed E-state index contributed by atoms with van der Waals surface area (Å²) in [6.45, 7) is 0.605. The number of rotatable bonds is 3. The number of phenolic OH excluding ortho intramolecular Hbond substituents is 1. The first-order valence-corrected chi connectivity index (χ1v) is 6.75. The lowest BCUT2D eigenvalue weighted by molar-refractivity contribution is 0.0701. The van der Waals surface area contributed by atoms with Crippen molar-refractivity contribution in [2.75, 3.05) is 6.61 Å². The van der Waals surface area contributed by atoms with Gasteiger partial charge in [-0.15, -0.1) is 0 Å². The van der Waals surface area contributed by atoms with E-state index in [1.165, 1.54) is 0 Å². The molecule has 1 aliphatic heterocycles. The van der Waals surface area contributed by atoms with Gasteiger partial charge in [-0.05, 0) is 36.2 Å². The van der Waals surface area contributed by atoms with E-state index in [9.17, 15) is 9.90 Å². The summed E-state index contributed by atoms with van der Waals surface area (Å²) in [7, 11) is 0. The van der Waals surface area contributed by atoms with Gasteiger partial charge in [-0.2, -0.15) is 0 Å². The monoisotopic (exact) mass is 268 g/mol. The second-order valence-electron chi connectivity index (χ2n) is 5.01. The minimum absolute atomic E-state index is 0.0800. The zero-order valence-electron chi connectivity index (χ0n) is 11.0. The molecule has 1 fully saturated rings. The molecule has 1 heterocycles. The SMILES string of the molecule is O=C(c1ccc(O)cc1)[C@@H]1CCO[C@H]1c1ccccc1. The third-order valence-corrected chi connectivity index (χ3v) is 3.71. The number of carbonyl (C=O) groups is 1. The molecule has 0 radical (unpaired) electrons. The number of hydrogen-bond acceptors (Lipinski definition) is 3. The van der Waals surface area contributed by atoms with Crippen LogP contribution in [0.1, 0.15) is 28.4 Å². The summed E-state index contributed by atoms with van der Waals surface area (Å²) in [5.74, 6) is 0.0992. The first kappa shape index (κ1) is 12.9. The van der Waals surface area contributed by atoms with E-state index in [1.54, 1.807) is 24.3 Å². The summed E-state index contributed by atoms with van der Waals surface area (Å²) in [5.41, 5.74) is 1.67. The topological polar surface area (TPSA) is 46.5 Å². The van der Waals surface area contributed by atoms with Gasteiger partial charge in [-0.1, -0.05) is 30.3 Å². The highest BCUT2D eigenvalue weighted by Gasteiger charge is 2.35. The summed E-state index contributed by atoms with van der Waals surface area (Å²) in [6, 6.07) is 16.3. The molecular formula is C17H16O3. The number of carbonyl (C=O) groups excluding carboxylic acids is 1. The third kappa shape index (κ3) is 2.45. The number of phenols is 1. The Labute approximate surface area is 117 Å². The standard InChI is InChI=1S/C17H16O3/c18-14-8-6-12(7-9-14)16(19)15-10-11-20-17(15)13-4-2-1-3-5-13/h1-9,15,17-18H,10-11H2/t15-,17-/m0/s1. The molecule has 1 N–H and O–H groups in total. The van der Waals surface area contributed by atoms with Crippen molar-refractivity contribution in [2.45, 2.75) is 12.5 Å². The van der Waals surface area contributed by atoms with E-state index in [-0.39, 0.29) is 23.6 Å². The van der Waals surface area contributed by atoms with Crippen LogP contribution < -0.4 is 0 Å². The molecule has 0 saturated carbocycles. The molecule has 20 heavy (non-hydrogen) atoms. The summed E-state index contributed by atoms with van der Waals surface area (Å²) in [6.07, 6.45) is 0.566. The Balaban J connectivity index is 1.85. The number of ether oxygens (including phenoxy) is 1. The van der Waals surface area contributed by atoms with Crippen molar-refractivity contribution in [3.8, 4) is 5.75 Å². The van der Waals surface area contributed by atoms with Crippen LogP contribution in [0.3, 0.4) is 0 Å². The lowest BCUT2D eigenvalue weighted by Gasteiger charge is -2.18. The fraction of sp³-hybridized carbons (Fsp3) is 0.235. The third-order valence-electron chi connectivity index (χ3n) is 3.71. The van der Waals surface area contributed by atoms with E-state index in [2.05, 4.69) is 0 Å². The lowest BCUT2D eigenvalue weighted by atomic mass is 9.88. The molecule has 102 valence electrons. The van der Waals surface area contributed by atoms with Gasteiger partial charge in [-0.3, -0.25) is 4.79 Å². The first-order valence-electron chi connectivity index (χ1n) is 6.75. The number of aromatic hydroxyl groups is 1. The maximum atomic E-state index is 12.6. The van der Waals surface area contributed by atoms with Crippen molar-refractivity contribution >= 4 is 5.78 Å². The van der Waals surface area contributed by atoms with E-state index in [0.29, 0.717) is 12.2 Å². The maximum Gasteiger partial charge on any atom is 0.168 e. The predicted molar refractivity (Wildman–Crippen MR) is 75.7 cm³/mol. The Morgan fingerprint density at radius 1 is 1.05 bits per heavy atom. The fourth-order valence-electron chi connectivity index (χ4n) is 2.67. The molecule has 3 heteroatoms. The zero-order chi connectivity index (χ0) is 13.9. The van der Waals surface area contributed by atoms with Crippen LogP contribution in [0.4, 0.5) is 0 Å². The predicted octanol–water partition coefficient (Wildman–Crippen LogP) is 3.35. The van der Waals surface area contributed by atoms with Crippen LogP contribution in [0.25, 0.3) is 0 Å². The number of Topliss-reactive ketones (excluding diaryl/α,β-unsaturated/α-hetero) is 1. The number of ketones is 1. The average Bonchev–Trinajstić information content (AvgIpc) is 2.97. The summed E-state index contributed by atoms with van der Waals surface area (Å²) < 4.78 is 5.75. The second kappa shape index (κ2) is 5.47. The van der Waals surface area contributed by atoms with Crippen LogP contribution in [0.2, 0.25) is 0 Å². The van der Waals surface area contributed by atoms with Gasteiger partial charge < -0.3 is 9.84 Å². The minimum Gasteiger partial charge on any atom is -0.508 e. The van der Waals surface area contributed by atoms with Gasteiger partial charge >= 0.3 is 0 Å². The van der Waals surface area contributed by atoms with E-state index < -0.39 is 0 Å². The molecule has 2 aromatic rings. The molecule has 2 atom stereocenters. The van der Waals surface area contributed by atoms with Gasteiger partial charge in [0.1, 0.15) is 5.75 Å². The molecule has 2 aromatic carbocycles. The molecule has 3 nitrogen and oxygen atoms in total. The Hall–Kier alpha value is -2.13. The normalized spacial score (nSPS) is 21.8. The Morgan fingerprint density at radius 2 is 1.75 bits per heavy atom. The van der Waals surface area contributed by atoms with Crippen LogP contribution in [0.5, 0.6) is 5.75 Å². The molecule has 1 saturated heterocycles. The molecule has 0 aromatic heterocycles. The molecule has 0 spiro atoms. The molecule has 0 amide bonds. The number of benzene rings is 2. The van der Waals surface area contributed by atoms with Crippen LogP contribution in [0.15, 0.2) is 54.6 Å². The zero-order valence-corrected chi connectivity index (χ0v) is 11.0. The molecule has 1 aliphatic rings. The number of hydrogen-bond donors (Lipinski definition) is 1. The van der Waals surface area contributed by atoms with Gasteiger partial charge in [0, 0.05) is 12.2 Å². The average molecular weight is 268 g/mol. The smallest absolute Gasteiger partial charge is 0.168 e. The van der Waals surface area contributed by atoms with Crippen molar-refractivity contribution in [1.82, 2.24) is 0 Å². The summed E-state index contributed by atoms with van der Waals surface area (Å²) >= 11 is 0. The minimum atomic E-state index is -0.169. The van der Waals surface area contributed by atoms with Crippen LogP contribution in [-0.2, 0) is 4.74 Å². The van der Waals surface area contributed by atoms with E-state index in [1.807, 2.05) is 30.3 Å². The van der Waals surface area contributed by atoms with Crippen molar-refractivity contribution in [2.24, 2.45) is 5.92 Å². The van der Waals surface area contributed by atoms with Crippen LogP contribution in [-0.4, -0.2) is 17.5 Å². The fourth-order valence-corrected chi connectivity index (χ4v) is 2.67. The molecule has 0 unspecified atom stereocenters. The largest absolute Gasteiger partial charge is 0.508 e. The highest BCUT2D eigenvalue weighted by molar-refractivity contribution is 5.98. The van der Waals surface area contributed by atoms with Crippen LogP contribution in [0, 0.1) is 5.92 Å². The van der Waals surface area contributed by atoms with Crippen LogP contribution >= 0.6 is 0 Å². The highest BCUT2D eigenvalue weighted by Crippen LogP contribution is 2.36.